The van der Waals surface area contributed by atoms with E-state index in [1.54, 1.807) is 17.3 Å². The van der Waals surface area contributed by atoms with E-state index >= 15 is 0 Å². The van der Waals surface area contributed by atoms with E-state index in [-0.39, 0.29) is 5.56 Å². The van der Waals surface area contributed by atoms with Gasteiger partial charge in [0, 0.05) is 31.8 Å². The standard InChI is InChI=1S/C26H30N4O3/c1-5-6-12-23-22(24(31)29-26(28-23)27-17-30(2)3)16-18-13-14-20(19-10-8-7-9-11-19)21(15-18)25(32)33-4/h7-11,13-15,17H,5-6,12,16H2,1-4H3,(H,28,29,31)/b27-17+. The normalized spacial score (nSPS) is 11.0. The van der Waals surface area contributed by atoms with E-state index in [4.69, 9.17) is 4.74 Å². The first kappa shape index (κ1) is 23.9. The van der Waals surface area contributed by atoms with Gasteiger partial charge in [0.2, 0.25) is 5.95 Å². The van der Waals surface area contributed by atoms with Crippen LogP contribution >= 0.6 is 0 Å². The van der Waals surface area contributed by atoms with Crippen molar-refractivity contribution in [2.45, 2.75) is 32.6 Å². The summed E-state index contributed by atoms with van der Waals surface area (Å²) in [6.07, 6.45) is 4.62. The van der Waals surface area contributed by atoms with E-state index in [1.807, 2.05) is 56.6 Å². The number of carbonyl (C=O) groups is 1. The number of carbonyl (C=O) groups excluding carboxylic acids is 1. The third-order valence-electron chi connectivity index (χ3n) is 5.24. The Morgan fingerprint density at radius 1 is 1.18 bits per heavy atom. The second-order valence-electron chi connectivity index (χ2n) is 8.05. The molecule has 33 heavy (non-hydrogen) atoms. The van der Waals surface area contributed by atoms with Gasteiger partial charge in [0.05, 0.1) is 19.0 Å². The number of aliphatic imine (C=N–C) groups is 1. The summed E-state index contributed by atoms with van der Waals surface area (Å²) in [5.74, 6) is -0.124. The number of esters is 1. The molecular weight excluding hydrogens is 416 g/mol. The minimum atomic E-state index is -0.415. The van der Waals surface area contributed by atoms with Crippen LogP contribution in [0.4, 0.5) is 5.95 Å². The number of aromatic amines is 1. The number of aromatic nitrogens is 2. The second-order valence-corrected chi connectivity index (χ2v) is 8.05. The number of H-pyrrole nitrogens is 1. The molecule has 7 heteroatoms. The number of aryl methyl sites for hydroxylation is 1. The highest BCUT2D eigenvalue weighted by Crippen LogP contribution is 2.26. The van der Waals surface area contributed by atoms with Gasteiger partial charge < -0.3 is 14.6 Å². The Hall–Kier alpha value is -3.74. The molecule has 0 aliphatic rings. The first-order chi connectivity index (χ1) is 15.9. The lowest BCUT2D eigenvalue weighted by atomic mass is 9.94. The molecule has 3 aromatic rings. The average Bonchev–Trinajstić information content (AvgIpc) is 2.83. The maximum absolute atomic E-state index is 12.9. The molecule has 0 unspecified atom stereocenters. The first-order valence-corrected chi connectivity index (χ1v) is 11.0. The van der Waals surface area contributed by atoms with Gasteiger partial charge in [-0.3, -0.25) is 4.79 Å². The summed E-state index contributed by atoms with van der Waals surface area (Å²) < 4.78 is 5.03. The Balaban J connectivity index is 2.02. The van der Waals surface area contributed by atoms with Gasteiger partial charge in [-0.05, 0) is 35.6 Å². The molecule has 0 radical (unpaired) electrons. The molecule has 2 aromatic carbocycles. The van der Waals surface area contributed by atoms with Crippen LogP contribution < -0.4 is 5.56 Å². The number of nitrogens with zero attached hydrogens (tertiary/aromatic N) is 3. The smallest absolute Gasteiger partial charge is 0.338 e. The molecule has 1 aromatic heterocycles. The van der Waals surface area contributed by atoms with Gasteiger partial charge in [0.25, 0.3) is 5.56 Å². The highest BCUT2D eigenvalue weighted by molar-refractivity contribution is 5.97. The Labute approximate surface area is 194 Å². The molecule has 0 bridgehead atoms. The molecule has 3 rings (SSSR count). The van der Waals surface area contributed by atoms with E-state index in [9.17, 15) is 9.59 Å². The zero-order valence-corrected chi connectivity index (χ0v) is 19.6. The Morgan fingerprint density at radius 2 is 1.94 bits per heavy atom. The van der Waals surface area contributed by atoms with Crippen LogP contribution in [0.15, 0.2) is 58.3 Å². The van der Waals surface area contributed by atoms with E-state index in [1.165, 1.54) is 7.11 Å². The van der Waals surface area contributed by atoms with Gasteiger partial charge in [0.1, 0.15) is 0 Å². The summed E-state index contributed by atoms with van der Waals surface area (Å²) in [7, 11) is 5.08. The van der Waals surface area contributed by atoms with Crippen molar-refractivity contribution in [3.8, 4) is 11.1 Å². The zero-order valence-electron chi connectivity index (χ0n) is 19.6. The molecule has 0 amide bonds. The summed E-state index contributed by atoms with van der Waals surface area (Å²) in [6.45, 7) is 2.11. The van der Waals surface area contributed by atoms with Crippen LogP contribution in [-0.4, -0.2) is 48.4 Å². The summed E-state index contributed by atoms with van der Waals surface area (Å²) in [5.41, 5.74) is 4.13. The summed E-state index contributed by atoms with van der Waals surface area (Å²) in [4.78, 5) is 38.8. The van der Waals surface area contributed by atoms with Crippen molar-refractivity contribution < 1.29 is 9.53 Å². The van der Waals surface area contributed by atoms with Crippen molar-refractivity contribution in [3.05, 3.63) is 81.3 Å². The highest BCUT2D eigenvalue weighted by Gasteiger charge is 2.17. The molecule has 1 heterocycles. The molecule has 1 N–H and O–H groups in total. The van der Waals surface area contributed by atoms with E-state index < -0.39 is 5.97 Å². The van der Waals surface area contributed by atoms with Crippen molar-refractivity contribution in [2.24, 2.45) is 4.99 Å². The summed E-state index contributed by atoms with van der Waals surface area (Å²) >= 11 is 0. The monoisotopic (exact) mass is 446 g/mol. The number of unbranched alkanes of at least 4 members (excludes halogenated alkanes) is 1. The number of ether oxygens (including phenoxy) is 1. The summed E-state index contributed by atoms with van der Waals surface area (Å²) in [5, 5.41) is 0. The van der Waals surface area contributed by atoms with Crippen molar-refractivity contribution >= 4 is 18.3 Å². The predicted molar refractivity (Wildman–Crippen MR) is 131 cm³/mol. The van der Waals surface area contributed by atoms with E-state index in [2.05, 4.69) is 21.9 Å². The van der Waals surface area contributed by atoms with Gasteiger partial charge in [0.15, 0.2) is 0 Å². The molecule has 0 fully saturated rings. The SMILES string of the molecule is CCCCc1[nH]c(/N=C/N(C)C)nc(=O)c1Cc1ccc(-c2ccccc2)c(C(=O)OC)c1. The molecule has 0 spiro atoms. The second kappa shape index (κ2) is 11.2. The molecule has 7 nitrogen and oxygen atoms in total. The molecule has 0 saturated heterocycles. The number of hydrogen-bond acceptors (Lipinski definition) is 5. The van der Waals surface area contributed by atoms with Crippen LogP contribution in [0.3, 0.4) is 0 Å². The quantitative estimate of drug-likeness (QED) is 0.299. The van der Waals surface area contributed by atoms with Gasteiger partial charge >= 0.3 is 5.97 Å². The molecule has 0 aliphatic carbocycles. The zero-order chi connectivity index (χ0) is 23.8. The number of methoxy groups -OCH3 is 1. The lowest BCUT2D eigenvalue weighted by molar-refractivity contribution is 0.0601. The average molecular weight is 447 g/mol. The van der Waals surface area contributed by atoms with Crippen LogP contribution in [0.1, 0.15) is 46.9 Å². The molecule has 0 aliphatic heterocycles. The van der Waals surface area contributed by atoms with Crippen molar-refractivity contribution in [2.75, 3.05) is 21.2 Å². The van der Waals surface area contributed by atoms with Gasteiger partial charge in [-0.2, -0.15) is 4.98 Å². The Morgan fingerprint density at radius 3 is 2.61 bits per heavy atom. The van der Waals surface area contributed by atoms with Crippen LogP contribution in [0.5, 0.6) is 0 Å². The third-order valence-corrected chi connectivity index (χ3v) is 5.24. The van der Waals surface area contributed by atoms with E-state index in [0.717, 1.165) is 41.6 Å². The minimum absolute atomic E-state index is 0.290. The summed E-state index contributed by atoms with van der Waals surface area (Å²) in [6, 6.07) is 15.3. The van der Waals surface area contributed by atoms with Gasteiger partial charge in [-0.1, -0.05) is 55.8 Å². The number of hydrogen-bond donors (Lipinski definition) is 1. The minimum Gasteiger partial charge on any atom is -0.465 e. The molecular formula is C26H30N4O3. The fourth-order valence-electron chi connectivity index (χ4n) is 3.57. The van der Waals surface area contributed by atoms with Crippen molar-refractivity contribution in [3.63, 3.8) is 0 Å². The van der Waals surface area contributed by atoms with Crippen molar-refractivity contribution in [1.29, 1.82) is 0 Å². The topological polar surface area (TPSA) is 87.7 Å². The lowest BCUT2D eigenvalue weighted by Gasteiger charge is -2.13. The number of benzene rings is 2. The third kappa shape index (κ3) is 6.16. The largest absolute Gasteiger partial charge is 0.465 e. The highest BCUT2D eigenvalue weighted by atomic mass is 16.5. The van der Waals surface area contributed by atoms with Crippen LogP contribution in [0.25, 0.3) is 11.1 Å². The predicted octanol–water partition coefficient (Wildman–Crippen LogP) is 4.38. The van der Waals surface area contributed by atoms with Crippen LogP contribution in [-0.2, 0) is 17.6 Å². The molecule has 0 atom stereocenters. The van der Waals surface area contributed by atoms with E-state index in [0.29, 0.717) is 23.5 Å². The fourth-order valence-corrected chi connectivity index (χ4v) is 3.57. The molecule has 172 valence electrons. The number of rotatable bonds is 9. The van der Waals surface area contributed by atoms with Crippen LogP contribution in [0, 0.1) is 0 Å². The maximum atomic E-state index is 12.9. The van der Waals surface area contributed by atoms with Crippen LogP contribution in [0.2, 0.25) is 0 Å². The first-order valence-electron chi connectivity index (χ1n) is 11.0. The lowest BCUT2D eigenvalue weighted by Crippen LogP contribution is -2.19. The Kier molecular flexibility index (Phi) is 8.13. The fraction of sp³-hybridized carbons (Fsp3) is 0.308. The Bertz CT molecular complexity index is 1180. The maximum Gasteiger partial charge on any atom is 0.338 e. The van der Waals surface area contributed by atoms with Gasteiger partial charge in [-0.25, -0.2) is 9.79 Å². The molecule has 0 saturated carbocycles. The van der Waals surface area contributed by atoms with Crippen molar-refractivity contribution in [1.82, 2.24) is 14.9 Å². The number of nitrogens with one attached hydrogen (secondary N) is 1. The van der Waals surface area contributed by atoms with Gasteiger partial charge in [-0.15, -0.1) is 0 Å².